The quantitative estimate of drug-likeness (QED) is 0.508. The maximum absolute atomic E-state index is 4.70. The average Bonchev–Trinajstić information content (AvgIpc) is 3.09. The molecule has 0 saturated carbocycles. The van der Waals surface area contributed by atoms with E-state index in [-0.39, 0.29) is 0 Å². The number of rotatable bonds is 4. The highest BCUT2D eigenvalue weighted by Gasteiger charge is 2.22. The van der Waals surface area contributed by atoms with E-state index in [4.69, 9.17) is 4.98 Å². The number of aromatic nitrogens is 6. The first kappa shape index (κ1) is 17.0. The Morgan fingerprint density at radius 2 is 1.81 bits per heavy atom. The molecule has 4 rings (SSSR count). The highest BCUT2D eigenvalue weighted by molar-refractivity contribution is 7.98. The van der Waals surface area contributed by atoms with Gasteiger partial charge in [-0.15, -0.1) is 0 Å². The van der Waals surface area contributed by atoms with Gasteiger partial charge in [-0.05, 0) is 12.7 Å². The Kier molecular flexibility index (Phi) is 4.62. The highest BCUT2D eigenvalue weighted by Crippen LogP contribution is 2.25. The molecule has 1 aliphatic heterocycles. The van der Waals surface area contributed by atoms with E-state index >= 15 is 0 Å². The normalized spacial score (nSPS) is 15.0. The number of hydrogen-bond donors (Lipinski definition) is 0. The zero-order valence-corrected chi connectivity index (χ0v) is 16.1. The van der Waals surface area contributed by atoms with Gasteiger partial charge in [0.1, 0.15) is 17.7 Å². The summed E-state index contributed by atoms with van der Waals surface area (Å²) < 4.78 is 1.99. The maximum atomic E-state index is 4.70. The lowest BCUT2D eigenvalue weighted by Crippen LogP contribution is -2.47. The first-order valence-corrected chi connectivity index (χ1v) is 9.96. The largest absolute Gasteiger partial charge is 0.353 e. The number of thioether (sulfide) groups is 1. The second-order valence-electron chi connectivity index (χ2n) is 6.26. The summed E-state index contributed by atoms with van der Waals surface area (Å²) in [4.78, 5) is 27.0. The summed E-state index contributed by atoms with van der Waals surface area (Å²) in [5.41, 5.74) is 2.82. The second-order valence-corrected chi connectivity index (χ2v) is 7.03. The lowest BCUT2D eigenvalue weighted by Gasteiger charge is -2.36. The van der Waals surface area contributed by atoms with Crippen molar-refractivity contribution in [3.8, 4) is 0 Å². The molecular weight excluding hydrogens is 348 g/mol. The highest BCUT2D eigenvalue weighted by atomic mass is 32.2. The predicted molar refractivity (Wildman–Crippen MR) is 104 cm³/mol. The van der Waals surface area contributed by atoms with Crippen LogP contribution in [-0.4, -0.2) is 61.9 Å². The minimum Gasteiger partial charge on any atom is -0.353 e. The fourth-order valence-electron chi connectivity index (χ4n) is 3.24. The molecule has 0 N–H and O–H groups in total. The van der Waals surface area contributed by atoms with Crippen molar-refractivity contribution in [1.82, 2.24) is 29.5 Å². The van der Waals surface area contributed by atoms with Gasteiger partial charge in [0.25, 0.3) is 0 Å². The molecule has 0 bridgehead atoms. The Balaban J connectivity index is 1.55. The van der Waals surface area contributed by atoms with Crippen LogP contribution in [0.1, 0.15) is 12.6 Å². The molecule has 0 atom stereocenters. The van der Waals surface area contributed by atoms with E-state index in [0.29, 0.717) is 0 Å². The molecule has 3 aromatic rings. The number of fused-ring (bicyclic) bond motifs is 1. The van der Waals surface area contributed by atoms with E-state index in [0.717, 1.165) is 66.2 Å². The number of aryl methyl sites for hydroxylation is 2. The average molecular weight is 370 g/mol. The molecule has 4 heterocycles. The van der Waals surface area contributed by atoms with Crippen molar-refractivity contribution in [1.29, 1.82) is 0 Å². The summed E-state index contributed by atoms with van der Waals surface area (Å²) in [5, 5.41) is 0.842. The molecule has 0 amide bonds. The van der Waals surface area contributed by atoms with E-state index in [2.05, 4.69) is 42.7 Å². The number of piperazine rings is 1. The van der Waals surface area contributed by atoms with Crippen molar-refractivity contribution in [2.75, 3.05) is 42.2 Å². The van der Waals surface area contributed by atoms with Gasteiger partial charge in [0, 0.05) is 45.0 Å². The third kappa shape index (κ3) is 3.07. The summed E-state index contributed by atoms with van der Waals surface area (Å²) in [6, 6.07) is 2.11. The Hall–Kier alpha value is -2.42. The SMILES string of the molecule is CCc1cc(N2CCN(c3ncnc4ncn(C)c34)CC2)nc(SC)n1. The van der Waals surface area contributed by atoms with Gasteiger partial charge < -0.3 is 14.4 Å². The molecule has 1 saturated heterocycles. The smallest absolute Gasteiger partial charge is 0.189 e. The number of anilines is 2. The number of nitrogens with zero attached hydrogens (tertiary/aromatic N) is 8. The molecule has 0 radical (unpaired) electrons. The summed E-state index contributed by atoms with van der Waals surface area (Å²) in [6.45, 7) is 5.70. The van der Waals surface area contributed by atoms with Crippen LogP contribution < -0.4 is 9.80 Å². The van der Waals surface area contributed by atoms with E-state index in [1.807, 2.05) is 17.9 Å². The monoisotopic (exact) mass is 370 g/mol. The third-order valence-electron chi connectivity index (χ3n) is 4.68. The van der Waals surface area contributed by atoms with Crippen molar-refractivity contribution in [2.24, 2.45) is 7.05 Å². The zero-order chi connectivity index (χ0) is 18.1. The van der Waals surface area contributed by atoms with Gasteiger partial charge >= 0.3 is 0 Å². The van der Waals surface area contributed by atoms with E-state index in [1.165, 1.54) is 0 Å². The molecule has 1 aliphatic rings. The molecule has 26 heavy (non-hydrogen) atoms. The van der Waals surface area contributed by atoms with Gasteiger partial charge in [0.2, 0.25) is 0 Å². The second kappa shape index (κ2) is 7.06. The van der Waals surface area contributed by atoms with Gasteiger partial charge in [-0.3, -0.25) is 0 Å². The van der Waals surface area contributed by atoms with Crippen LogP contribution in [0.15, 0.2) is 23.9 Å². The Bertz CT molecular complexity index is 894. The van der Waals surface area contributed by atoms with Gasteiger partial charge in [-0.1, -0.05) is 18.7 Å². The van der Waals surface area contributed by atoms with Crippen molar-refractivity contribution in [3.05, 3.63) is 24.4 Å². The molecule has 136 valence electrons. The van der Waals surface area contributed by atoms with Crippen molar-refractivity contribution in [2.45, 2.75) is 18.5 Å². The zero-order valence-electron chi connectivity index (χ0n) is 15.3. The molecule has 3 aromatic heterocycles. The Morgan fingerprint density at radius 1 is 1.04 bits per heavy atom. The summed E-state index contributed by atoms with van der Waals surface area (Å²) in [5.74, 6) is 1.98. The van der Waals surface area contributed by atoms with Crippen LogP contribution in [0.2, 0.25) is 0 Å². The molecule has 0 aliphatic carbocycles. The van der Waals surface area contributed by atoms with Crippen molar-refractivity contribution in [3.63, 3.8) is 0 Å². The van der Waals surface area contributed by atoms with Crippen molar-refractivity contribution >= 4 is 34.6 Å². The van der Waals surface area contributed by atoms with Gasteiger partial charge in [-0.25, -0.2) is 24.9 Å². The molecule has 9 heteroatoms. The Morgan fingerprint density at radius 3 is 2.54 bits per heavy atom. The first-order chi connectivity index (χ1) is 12.7. The topological polar surface area (TPSA) is 75.9 Å². The minimum absolute atomic E-state index is 0.743. The van der Waals surface area contributed by atoms with Crippen LogP contribution in [0.25, 0.3) is 11.2 Å². The van der Waals surface area contributed by atoms with Crippen LogP contribution >= 0.6 is 11.8 Å². The van der Waals surface area contributed by atoms with E-state index in [9.17, 15) is 0 Å². The first-order valence-electron chi connectivity index (χ1n) is 8.73. The van der Waals surface area contributed by atoms with Crippen molar-refractivity contribution < 1.29 is 0 Å². The van der Waals surface area contributed by atoms with Gasteiger partial charge in [-0.2, -0.15) is 0 Å². The fourth-order valence-corrected chi connectivity index (χ4v) is 3.64. The van der Waals surface area contributed by atoms with Gasteiger partial charge in [0.15, 0.2) is 16.6 Å². The lowest BCUT2D eigenvalue weighted by molar-refractivity contribution is 0.637. The molecule has 0 unspecified atom stereocenters. The lowest BCUT2D eigenvalue weighted by atomic mass is 10.2. The Labute approximate surface area is 156 Å². The third-order valence-corrected chi connectivity index (χ3v) is 5.23. The van der Waals surface area contributed by atoms with Crippen LogP contribution in [0, 0.1) is 0 Å². The van der Waals surface area contributed by atoms with Gasteiger partial charge in [0.05, 0.1) is 6.33 Å². The van der Waals surface area contributed by atoms with Crippen LogP contribution in [0.4, 0.5) is 11.6 Å². The summed E-state index contributed by atoms with van der Waals surface area (Å²) in [6.07, 6.45) is 6.32. The van der Waals surface area contributed by atoms with Crippen LogP contribution in [-0.2, 0) is 13.5 Å². The number of imidazole rings is 1. The molecule has 0 aromatic carbocycles. The minimum atomic E-state index is 0.743. The maximum Gasteiger partial charge on any atom is 0.189 e. The number of hydrogen-bond acceptors (Lipinski definition) is 8. The molecular formula is C17H22N8S. The van der Waals surface area contributed by atoms with Crippen LogP contribution in [0.3, 0.4) is 0 Å². The summed E-state index contributed by atoms with van der Waals surface area (Å²) >= 11 is 1.59. The van der Waals surface area contributed by atoms with E-state index in [1.54, 1.807) is 24.4 Å². The fraction of sp³-hybridized carbons (Fsp3) is 0.471. The van der Waals surface area contributed by atoms with Crippen LogP contribution in [0.5, 0.6) is 0 Å². The summed E-state index contributed by atoms with van der Waals surface area (Å²) in [7, 11) is 1.98. The molecule has 0 spiro atoms. The molecule has 8 nitrogen and oxygen atoms in total. The molecule has 1 fully saturated rings. The predicted octanol–water partition coefficient (Wildman–Crippen LogP) is 1.76. The van der Waals surface area contributed by atoms with E-state index < -0.39 is 0 Å². The standard InChI is InChI=1S/C17H22N8S/c1-4-12-9-13(22-17(21-12)26-3)24-5-7-25(8-6-24)16-14-15(18-10-19-16)20-11-23(14)2/h9-11H,4-8H2,1-3H3.